The van der Waals surface area contributed by atoms with Crippen LogP contribution in [-0.4, -0.2) is 13.4 Å². The molecule has 0 atom stereocenters. The number of aryl methyl sites for hydroxylation is 2. The van der Waals surface area contributed by atoms with Crippen LogP contribution in [0.2, 0.25) is 0 Å². The molecular formula is C15H19N3O2S. The normalized spacial score (nSPS) is 11.5. The first-order valence-corrected chi connectivity index (χ1v) is 8.21. The van der Waals surface area contributed by atoms with Crippen LogP contribution in [0.3, 0.4) is 0 Å². The Balaban J connectivity index is 2.19. The second kappa shape index (κ2) is 6.24. The van der Waals surface area contributed by atoms with Crippen LogP contribution in [0.25, 0.3) is 0 Å². The lowest BCUT2D eigenvalue weighted by atomic mass is 10.1. The van der Waals surface area contributed by atoms with Gasteiger partial charge in [-0.15, -0.1) is 0 Å². The third kappa shape index (κ3) is 3.59. The summed E-state index contributed by atoms with van der Waals surface area (Å²) < 4.78 is 27.1. The molecule has 0 unspecified atom stereocenters. The maximum Gasteiger partial charge on any atom is 0.240 e. The first-order chi connectivity index (χ1) is 9.94. The summed E-state index contributed by atoms with van der Waals surface area (Å²) in [5.74, 6) is 0. The Hall–Kier alpha value is -1.92. The van der Waals surface area contributed by atoms with Gasteiger partial charge in [-0.1, -0.05) is 19.1 Å². The van der Waals surface area contributed by atoms with Gasteiger partial charge in [-0.05, 0) is 42.7 Å². The molecule has 1 heterocycles. The fourth-order valence-electron chi connectivity index (χ4n) is 2.01. The van der Waals surface area contributed by atoms with Crippen molar-refractivity contribution < 1.29 is 8.42 Å². The molecule has 1 aromatic heterocycles. The van der Waals surface area contributed by atoms with Gasteiger partial charge in [-0.25, -0.2) is 13.1 Å². The van der Waals surface area contributed by atoms with Crippen molar-refractivity contribution >= 4 is 15.7 Å². The lowest BCUT2D eigenvalue weighted by Crippen LogP contribution is -2.24. The Labute approximate surface area is 125 Å². The zero-order chi connectivity index (χ0) is 15.5. The van der Waals surface area contributed by atoms with E-state index in [-0.39, 0.29) is 11.4 Å². The van der Waals surface area contributed by atoms with Crippen molar-refractivity contribution in [3.8, 4) is 0 Å². The molecule has 5 nitrogen and oxygen atoms in total. The average Bonchev–Trinajstić information content (AvgIpc) is 2.46. The molecule has 2 rings (SSSR count). The maximum atomic E-state index is 12.3. The van der Waals surface area contributed by atoms with Crippen LogP contribution in [0.1, 0.15) is 23.7 Å². The molecule has 0 bridgehead atoms. The van der Waals surface area contributed by atoms with Gasteiger partial charge in [0.1, 0.15) is 0 Å². The molecule has 0 aliphatic rings. The highest BCUT2D eigenvalue weighted by molar-refractivity contribution is 7.89. The lowest BCUT2D eigenvalue weighted by Gasteiger charge is -2.10. The number of hydrogen-bond donors (Lipinski definition) is 2. The van der Waals surface area contributed by atoms with Crippen molar-refractivity contribution in [1.82, 2.24) is 9.71 Å². The number of hydrogen-bond acceptors (Lipinski definition) is 4. The van der Waals surface area contributed by atoms with Crippen molar-refractivity contribution in [2.45, 2.75) is 31.7 Å². The molecule has 0 fully saturated rings. The number of sulfonamides is 1. The topological polar surface area (TPSA) is 85.1 Å². The minimum atomic E-state index is -3.59. The minimum Gasteiger partial charge on any atom is -0.398 e. The van der Waals surface area contributed by atoms with Crippen LogP contribution in [0.4, 0.5) is 5.69 Å². The zero-order valence-corrected chi connectivity index (χ0v) is 12.9. The molecule has 1 aromatic carbocycles. The lowest BCUT2D eigenvalue weighted by molar-refractivity contribution is 0.580. The fourth-order valence-corrected chi connectivity index (χ4v) is 3.04. The fraction of sp³-hybridized carbons (Fsp3) is 0.267. The highest BCUT2D eigenvalue weighted by Gasteiger charge is 2.15. The number of rotatable bonds is 5. The summed E-state index contributed by atoms with van der Waals surface area (Å²) in [7, 11) is -3.59. The molecule has 0 saturated carbocycles. The van der Waals surface area contributed by atoms with Crippen LogP contribution in [0.5, 0.6) is 0 Å². The molecule has 3 N–H and O–H groups in total. The molecule has 6 heteroatoms. The molecule has 2 aromatic rings. The van der Waals surface area contributed by atoms with Crippen molar-refractivity contribution in [2.75, 3.05) is 5.73 Å². The number of aromatic nitrogens is 1. The van der Waals surface area contributed by atoms with E-state index in [1.54, 1.807) is 18.3 Å². The second-order valence-electron chi connectivity index (χ2n) is 4.81. The Kier molecular flexibility index (Phi) is 4.59. The van der Waals surface area contributed by atoms with E-state index in [4.69, 9.17) is 5.73 Å². The van der Waals surface area contributed by atoms with Gasteiger partial charge in [0.2, 0.25) is 10.0 Å². The Bertz CT molecular complexity index is 742. The largest absolute Gasteiger partial charge is 0.398 e. The van der Waals surface area contributed by atoms with Gasteiger partial charge < -0.3 is 5.73 Å². The first kappa shape index (κ1) is 15.5. The highest BCUT2D eigenvalue weighted by atomic mass is 32.2. The smallest absolute Gasteiger partial charge is 0.240 e. The molecule has 112 valence electrons. The summed E-state index contributed by atoms with van der Waals surface area (Å²) in [6.45, 7) is 4.02. The molecule has 21 heavy (non-hydrogen) atoms. The highest BCUT2D eigenvalue weighted by Crippen LogP contribution is 2.18. The van der Waals surface area contributed by atoms with Gasteiger partial charge in [-0.2, -0.15) is 0 Å². The van der Waals surface area contributed by atoms with Crippen molar-refractivity contribution in [2.24, 2.45) is 0 Å². The van der Waals surface area contributed by atoms with Crippen molar-refractivity contribution in [3.05, 3.63) is 53.3 Å². The van der Waals surface area contributed by atoms with Crippen molar-refractivity contribution in [1.29, 1.82) is 0 Å². The molecule has 0 aliphatic carbocycles. The van der Waals surface area contributed by atoms with Gasteiger partial charge in [-0.3, -0.25) is 4.98 Å². The first-order valence-electron chi connectivity index (χ1n) is 6.72. The number of nitrogens with two attached hydrogens (primary N) is 1. The van der Waals surface area contributed by atoms with E-state index < -0.39 is 10.0 Å². The summed E-state index contributed by atoms with van der Waals surface area (Å²) in [5.41, 5.74) is 8.94. The average molecular weight is 305 g/mol. The SMILES string of the molecule is CCc1ccc(S(=O)(=O)NCc2ncccc2C)cc1N. The summed E-state index contributed by atoms with van der Waals surface area (Å²) in [6.07, 6.45) is 2.41. The summed E-state index contributed by atoms with van der Waals surface area (Å²) in [6, 6.07) is 8.52. The maximum absolute atomic E-state index is 12.3. The van der Waals surface area contributed by atoms with Gasteiger partial charge >= 0.3 is 0 Å². The predicted molar refractivity (Wildman–Crippen MR) is 83.2 cm³/mol. The molecule has 0 radical (unpaired) electrons. The van der Waals surface area contributed by atoms with Crippen LogP contribution in [-0.2, 0) is 23.0 Å². The zero-order valence-electron chi connectivity index (χ0n) is 12.1. The monoisotopic (exact) mass is 305 g/mol. The number of benzene rings is 1. The Morgan fingerprint density at radius 3 is 2.67 bits per heavy atom. The summed E-state index contributed by atoms with van der Waals surface area (Å²) in [5, 5.41) is 0. The van der Waals surface area contributed by atoms with E-state index >= 15 is 0 Å². The van der Waals surface area contributed by atoms with Gasteiger partial charge in [0.25, 0.3) is 0 Å². The molecular weight excluding hydrogens is 286 g/mol. The van der Waals surface area contributed by atoms with E-state index in [2.05, 4.69) is 9.71 Å². The van der Waals surface area contributed by atoms with Crippen LogP contribution in [0, 0.1) is 6.92 Å². The van der Waals surface area contributed by atoms with E-state index in [0.717, 1.165) is 17.5 Å². The van der Waals surface area contributed by atoms with E-state index in [9.17, 15) is 8.42 Å². The second-order valence-corrected chi connectivity index (χ2v) is 6.57. The molecule has 0 aliphatic heterocycles. The van der Waals surface area contributed by atoms with Gasteiger partial charge in [0.15, 0.2) is 0 Å². The number of nitrogens with one attached hydrogen (secondary N) is 1. The van der Waals surface area contributed by atoms with Crippen molar-refractivity contribution in [3.63, 3.8) is 0 Å². The standard InChI is InChI=1S/C15H19N3O2S/c1-3-12-6-7-13(9-14(12)16)21(19,20)18-10-15-11(2)5-4-8-17-15/h4-9,18H,3,10,16H2,1-2H3. The number of nitrogen functional groups attached to an aromatic ring is 1. The molecule has 0 saturated heterocycles. The Morgan fingerprint density at radius 2 is 2.05 bits per heavy atom. The van der Waals surface area contributed by atoms with Crippen LogP contribution in [0.15, 0.2) is 41.4 Å². The third-order valence-electron chi connectivity index (χ3n) is 3.36. The van der Waals surface area contributed by atoms with E-state index in [1.807, 2.05) is 26.0 Å². The van der Waals surface area contributed by atoms with E-state index in [1.165, 1.54) is 6.07 Å². The quantitative estimate of drug-likeness (QED) is 0.828. The third-order valence-corrected chi connectivity index (χ3v) is 4.75. The minimum absolute atomic E-state index is 0.157. The number of anilines is 1. The van der Waals surface area contributed by atoms with Gasteiger partial charge in [0.05, 0.1) is 17.1 Å². The van der Waals surface area contributed by atoms with E-state index in [0.29, 0.717) is 11.4 Å². The summed E-state index contributed by atoms with van der Waals surface area (Å²) in [4.78, 5) is 4.34. The Morgan fingerprint density at radius 1 is 1.29 bits per heavy atom. The van der Waals surface area contributed by atoms with Gasteiger partial charge in [0, 0.05) is 11.9 Å². The predicted octanol–water partition coefficient (Wildman–Crippen LogP) is 2.01. The number of nitrogens with zero attached hydrogens (tertiary/aromatic N) is 1. The number of pyridine rings is 1. The van der Waals surface area contributed by atoms with Crippen LogP contribution >= 0.6 is 0 Å². The van der Waals surface area contributed by atoms with Crippen LogP contribution < -0.4 is 10.5 Å². The molecule has 0 spiro atoms. The molecule has 0 amide bonds. The summed E-state index contributed by atoms with van der Waals surface area (Å²) >= 11 is 0.